The van der Waals surface area contributed by atoms with Gasteiger partial charge in [-0.05, 0) is 44.1 Å². The van der Waals surface area contributed by atoms with Crippen LogP contribution in [0.5, 0.6) is 0 Å². The van der Waals surface area contributed by atoms with Gasteiger partial charge in [0.25, 0.3) is 0 Å². The van der Waals surface area contributed by atoms with Crippen LogP contribution in [-0.4, -0.2) is 42.8 Å². The molecule has 3 aliphatic rings. The predicted octanol–water partition coefficient (Wildman–Crippen LogP) is 2.78. The molecule has 2 saturated carbocycles. The van der Waals surface area contributed by atoms with Crippen molar-refractivity contribution in [1.82, 2.24) is 4.90 Å². The molecule has 3 nitrogen and oxygen atoms in total. The first-order valence-electron chi connectivity index (χ1n) is 8.91. The second-order valence-electron chi connectivity index (χ2n) is 7.15. The molecule has 3 fully saturated rings. The lowest BCUT2D eigenvalue weighted by Gasteiger charge is -2.51. The van der Waals surface area contributed by atoms with Gasteiger partial charge in [0.2, 0.25) is 0 Å². The summed E-state index contributed by atoms with van der Waals surface area (Å²) >= 11 is 0. The Labute approximate surface area is 124 Å². The van der Waals surface area contributed by atoms with Gasteiger partial charge in [0.15, 0.2) is 0 Å². The molecule has 1 saturated heterocycles. The monoisotopic (exact) mass is 280 g/mol. The van der Waals surface area contributed by atoms with Crippen molar-refractivity contribution < 1.29 is 4.74 Å². The fraction of sp³-hybridized carbons (Fsp3) is 1.00. The summed E-state index contributed by atoms with van der Waals surface area (Å²) in [5.41, 5.74) is 6.10. The zero-order valence-electron chi connectivity index (χ0n) is 13.1. The summed E-state index contributed by atoms with van der Waals surface area (Å²) in [6.45, 7) is 5.30. The van der Waals surface area contributed by atoms with Gasteiger partial charge >= 0.3 is 0 Å². The number of morpholine rings is 1. The van der Waals surface area contributed by atoms with Crippen molar-refractivity contribution in [1.29, 1.82) is 0 Å². The van der Waals surface area contributed by atoms with Crippen LogP contribution in [0.2, 0.25) is 0 Å². The number of nitrogens with zero attached hydrogens (tertiary/aromatic N) is 1. The van der Waals surface area contributed by atoms with Crippen LogP contribution in [-0.2, 0) is 4.74 Å². The highest BCUT2D eigenvalue weighted by atomic mass is 16.5. The number of rotatable bonds is 3. The molecule has 2 N–H and O–H groups in total. The van der Waals surface area contributed by atoms with Crippen LogP contribution in [0.15, 0.2) is 0 Å². The first-order valence-corrected chi connectivity index (χ1v) is 8.91. The van der Waals surface area contributed by atoms with Crippen LogP contribution in [0.3, 0.4) is 0 Å². The minimum atomic E-state index is 0.512. The molecular weight excluding hydrogens is 248 g/mol. The molecule has 0 amide bonds. The highest BCUT2D eigenvalue weighted by molar-refractivity contribution is 4.95. The largest absolute Gasteiger partial charge is 0.375 e. The fourth-order valence-corrected chi connectivity index (χ4v) is 4.88. The average Bonchev–Trinajstić information content (AvgIpc) is 2.53. The molecule has 1 aliphatic heterocycles. The van der Waals surface area contributed by atoms with Crippen LogP contribution in [0.4, 0.5) is 0 Å². The highest BCUT2D eigenvalue weighted by Crippen LogP contribution is 2.38. The van der Waals surface area contributed by atoms with E-state index in [1.54, 1.807) is 0 Å². The maximum absolute atomic E-state index is 6.10. The Balaban J connectivity index is 1.73. The third-order valence-electron chi connectivity index (χ3n) is 6.15. The second kappa shape index (κ2) is 6.76. The lowest BCUT2D eigenvalue weighted by Crippen LogP contribution is -2.59. The van der Waals surface area contributed by atoms with Gasteiger partial charge < -0.3 is 10.5 Å². The molecule has 0 aromatic rings. The molecule has 0 aromatic carbocycles. The first-order chi connectivity index (χ1) is 9.83. The zero-order valence-corrected chi connectivity index (χ0v) is 13.1. The molecule has 0 bridgehead atoms. The molecule has 20 heavy (non-hydrogen) atoms. The highest BCUT2D eigenvalue weighted by Gasteiger charge is 2.41. The Morgan fingerprint density at radius 2 is 1.95 bits per heavy atom. The van der Waals surface area contributed by atoms with Crippen molar-refractivity contribution in [3.63, 3.8) is 0 Å². The summed E-state index contributed by atoms with van der Waals surface area (Å²) < 4.78 is 6.05. The Hall–Kier alpha value is -0.120. The summed E-state index contributed by atoms with van der Waals surface area (Å²) in [6.07, 6.45) is 11.3. The maximum atomic E-state index is 6.10. The van der Waals surface area contributed by atoms with Crippen molar-refractivity contribution >= 4 is 0 Å². The average molecular weight is 280 g/mol. The van der Waals surface area contributed by atoms with E-state index in [-0.39, 0.29) is 0 Å². The minimum Gasteiger partial charge on any atom is -0.375 e. The summed E-state index contributed by atoms with van der Waals surface area (Å²) in [4.78, 5) is 2.83. The normalized spacial score (nSPS) is 43.2. The quantitative estimate of drug-likeness (QED) is 0.864. The van der Waals surface area contributed by atoms with Crippen LogP contribution in [0.25, 0.3) is 0 Å². The summed E-state index contributed by atoms with van der Waals surface area (Å²) in [6, 6.07) is 1.42. The summed E-state index contributed by atoms with van der Waals surface area (Å²) in [7, 11) is 0. The minimum absolute atomic E-state index is 0.512. The molecule has 3 rings (SSSR count). The van der Waals surface area contributed by atoms with Crippen LogP contribution in [0, 0.1) is 11.8 Å². The summed E-state index contributed by atoms with van der Waals surface area (Å²) in [5.74, 6) is 1.64. The number of nitrogens with two attached hydrogens (primary N) is 1. The van der Waals surface area contributed by atoms with Gasteiger partial charge in [-0.1, -0.05) is 32.6 Å². The van der Waals surface area contributed by atoms with Gasteiger partial charge in [-0.15, -0.1) is 0 Å². The van der Waals surface area contributed by atoms with Gasteiger partial charge in [-0.25, -0.2) is 0 Å². The van der Waals surface area contributed by atoms with E-state index < -0.39 is 0 Å². The maximum Gasteiger partial charge on any atom is 0.0731 e. The van der Waals surface area contributed by atoms with Crippen molar-refractivity contribution in [2.45, 2.75) is 76.5 Å². The smallest absolute Gasteiger partial charge is 0.0731 e. The number of fused-ring (bicyclic) bond motifs is 1. The SMILES string of the molecule is CCC1CCC(CN)C(N2CCOC3CCCCC32)C1. The molecule has 0 spiro atoms. The van der Waals surface area contributed by atoms with Crippen molar-refractivity contribution in [3.8, 4) is 0 Å². The van der Waals surface area contributed by atoms with Gasteiger partial charge in [-0.2, -0.15) is 0 Å². The van der Waals surface area contributed by atoms with E-state index in [0.29, 0.717) is 12.1 Å². The Morgan fingerprint density at radius 1 is 1.10 bits per heavy atom. The van der Waals surface area contributed by atoms with Gasteiger partial charge in [0.1, 0.15) is 0 Å². The Kier molecular flexibility index (Phi) is 5.00. The molecule has 0 aromatic heterocycles. The molecule has 116 valence electrons. The Bertz CT molecular complexity index is 307. The topological polar surface area (TPSA) is 38.5 Å². The first kappa shape index (κ1) is 14.8. The van der Waals surface area contributed by atoms with E-state index >= 15 is 0 Å². The van der Waals surface area contributed by atoms with Gasteiger partial charge in [-0.3, -0.25) is 4.90 Å². The fourth-order valence-electron chi connectivity index (χ4n) is 4.88. The third-order valence-corrected chi connectivity index (χ3v) is 6.15. The molecule has 5 atom stereocenters. The van der Waals surface area contributed by atoms with E-state index in [2.05, 4.69) is 11.8 Å². The Morgan fingerprint density at radius 3 is 2.75 bits per heavy atom. The molecular formula is C17H32N2O. The van der Waals surface area contributed by atoms with E-state index in [9.17, 15) is 0 Å². The van der Waals surface area contributed by atoms with E-state index in [4.69, 9.17) is 10.5 Å². The number of ether oxygens (including phenoxy) is 1. The standard InChI is InChI=1S/C17H32N2O/c1-2-13-7-8-14(12-18)16(11-13)19-9-10-20-17-6-4-3-5-15(17)19/h13-17H,2-12,18H2,1H3. The van der Waals surface area contributed by atoms with Crippen LogP contribution in [0.1, 0.15) is 58.3 Å². The second-order valence-corrected chi connectivity index (χ2v) is 7.15. The van der Waals surface area contributed by atoms with E-state index in [0.717, 1.165) is 37.6 Å². The lowest BCUT2D eigenvalue weighted by atomic mass is 9.75. The van der Waals surface area contributed by atoms with Crippen molar-refractivity contribution in [2.24, 2.45) is 17.6 Å². The third kappa shape index (κ3) is 2.90. The van der Waals surface area contributed by atoms with Crippen LogP contribution >= 0.6 is 0 Å². The molecule has 5 unspecified atom stereocenters. The van der Waals surface area contributed by atoms with E-state index in [1.807, 2.05) is 0 Å². The van der Waals surface area contributed by atoms with Crippen molar-refractivity contribution in [2.75, 3.05) is 19.7 Å². The molecule has 2 aliphatic carbocycles. The molecule has 3 heteroatoms. The molecule has 0 radical (unpaired) electrons. The summed E-state index contributed by atoms with van der Waals surface area (Å²) in [5, 5.41) is 0. The van der Waals surface area contributed by atoms with Gasteiger partial charge in [0.05, 0.1) is 12.7 Å². The number of hydrogen-bond acceptors (Lipinski definition) is 3. The van der Waals surface area contributed by atoms with E-state index in [1.165, 1.54) is 51.4 Å². The lowest BCUT2D eigenvalue weighted by molar-refractivity contribution is -0.117. The van der Waals surface area contributed by atoms with Crippen LogP contribution < -0.4 is 5.73 Å². The zero-order chi connectivity index (χ0) is 13.9. The van der Waals surface area contributed by atoms with Crippen molar-refractivity contribution in [3.05, 3.63) is 0 Å². The van der Waals surface area contributed by atoms with Gasteiger partial charge in [0, 0.05) is 18.6 Å². The molecule has 1 heterocycles. The number of hydrogen-bond donors (Lipinski definition) is 1. The predicted molar refractivity (Wildman–Crippen MR) is 82.7 cm³/mol.